The third-order valence-electron chi connectivity index (χ3n) is 4.30. The fourth-order valence-corrected chi connectivity index (χ4v) is 3.20. The molecule has 4 rings (SSSR count). The van der Waals surface area contributed by atoms with E-state index in [1.165, 1.54) is 6.07 Å². The number of nitrogens with two attached hydrogens (primary N) is 1. The minimum atomic E-state index is -0.442. The van der Waals surface area contributed by atoms with E-state index in [0.29, 0.717) is 28.3 Å². The van der Waals surface area contributed by atoms with Gasteiger partial charge in [0.05, 0.1) is 30.4 Å². The lowest BCUT2D eigenvalue weighted by atomic mass is 10.0. The van der Waals surface area contributed by atoms with Crippen LogP contribution in [-0.2, 0) is 11.2 Å². The lowest BCUT2D eigenvalue weighted by Gasteiger charge is -2.10. The number of imidazole rings is 1. The molecular weight excluding hydrogens is 368 g/mol. The highest BCUT2D eigenvalue weighted by molar-refractivity contribution is 5.98. The van der Waals surface area contributed by atoms with Crippen molar-refractivity contribution in [3.8, 4) is 17.0 Å². The van der Waals surface area contributed by atoms with Gasteiger partial charge in [-0.2, -0.15) is 0 Å². The number of halogens is 1. The zero-order valence-electron chi connectivity index (χ0n) is 14.4. The number of rotatable bonds is 4. The molecule has 1 aromatic carbocycles. The third-order valence-corrected chi connectivity index (χ3v) is 4.30. The Morgan fingerprint density at radius 3 is 2.78 bits per heavy atom. The number of nitrogens with zero attached hydrogens (tertiary/aromatic N) is 2. The highest BCUT2D eigenvalue weighted by Crippen LogP contribution is 2.34. The van der Waals surface area contributed by atoms with Crippen LogP contribution in [0.4, 0.5) is 0 Å². The molecule has 138 valence electrons. The largest absolute Gasteiger partial charge is 0.495 e. The number of nitrogens with one attached hydrogen (secondary N) is 1. The summed E-state index contributed by atoms with van der Waals surface area (Å²) in [5.74, 6) is 0.116. The van der Waals surface area contributed by atoms with Crippen LogP contribution in [0.2, 0.25) is 0 Å². The van der Waals surface area contributed by atoms with Crippen molar-refractivity contribution in [2.45, 2.75) is 6.42 Å². The van der Waals surface area contributed by atoms with E-state index < -0.39 is 5.91 Å². The average Bonchev–Trinajstić information content (AvgIpc) is 2.98. The van der Waals surface area contributed by atoms with Gasteiger partial charge in [0.2, 0.25) is 11.5 Å². The molecule has 0 saturated carbocycles. The van der Waals surface area contributed by atoms with Crippen LogP contribution in [0.5, 0.6) is 5.75 Å². The summed E-state index contributed by atoms with van der Waals surface area (Å²) in [5.41, 5.74) is 8.66. The standard InChI is InChI=1S/C19H16N4O3.ClH/c1-26-14-7-5-11(12-6-8-17(25)22-19(12)14)18-13(10-15(20)24)23-9-3-2-4-16(23)21-18;/h2-9H,10H2,1H3,(H2,20,24)(H,22,25);1H. The predicted molar refractivity (Wildman–Crippen MR) is 105 cm³/mol. The minimum Gasteiger partial charge on any atom is -0.495 e. The lowest BCUT2D eigenvalue weighted by Crippen LogP contribution is -2.15. The van der Waals surface area contributed by atoms with Gasteiger partial charge in [0.25, 0.3) is 0 Å². The molecule has 0 radical (unpaired) electrons. The Hall–Kier alpha value is -3.32. The minimum absolute atomic E-state index is 0. The van der Waals surface area contributed by atoms with E-state index in [1.807, 2.05) is 34.9 Å². The summed E-state index contributed by atoms with van der Waals surface area (Å²) >= 11 is 0. The van der Waals surface area contributed by atoms with Gasteiger partial charge in [-0.05, 0) is 30.3 Å². The first kappa shape index (κ1) is 18.5. The Morgan fingerprint density at radius 1 is 1.22 bits per heavy atom. The van der Waals surface area contributed by atoms with Gasteiger partial charge in [0, 0.05) is 23.2 Å². The van der Waals surface area contributed by atoms with Crippen molar-refractivity contribution in [1.82, 2.24) is 14.4 Å². The number of carbonyl (C=O) groups excluding carboxylic acids is 1. The summed E-state index contributed by atoms with van der Waals surface area (Å²) in [5, 5.41) is 0.776. The van der Waals surface area contributed by atoms with Gasteiger partial charge >= 0.3 is 0 Å². The summed E-state index contributed by atoms with van der Waals surface area (Å²) in [6.45, 7) is 0. The molecule has 0 aliphatic rings. The molecule has 7 nitrogen and oxygen atoms in total. The zero-order chi connectivity index (χ0) is 18.3. The molecule has 3 aromatic heterocycles. The van der Waals surface area contributed by atoms with Gasteiger partial charge in [-0.15, -0.1) is 12.4 Å². The van der Waals surface area contributed by atoms with Gasteiger partial charge in [0.15, 0.2) is 0 Å². The number of benzene rings is 1. The molecule has 0 spiro atoms. The van der Waals surface area contributed by atoms with Crippen molar-refractivity contribution in [2.24, 2.45) is 5.73 Å². The normalized spacial score (nSPS) is 10.7. The van der Waals surface area contributed by atoms with E-state index >= 15 is 0 Å². The number of methoxy groups -OCH3 is 1. The van der Waals surface area contributed by atoms with Crippen LogP contribution in [0.3, 0.4) is 0 Å². The number of amides is 1. The van der Waals surface area contributed by atoms with Gasteiger partial charge in [-0.1, -0.05) is 6.07 Å². The second kappa shape index (κ2) is 7.13. The predicted octanol–water partition coefficient (Wildman–Crippen LogP) is 2.30. The second-order valence-electron chi connectivity index (χ2n) is 5.91. The Kier molecular flexibility index (Phi) is 4.87. The highest BCUT2D eigenvalue weighted by Gasteiger charge is 2.19. The zero-order valence-corrected chi connectivity index (χ0v) is 15.2. The van der Waals surface area contributed by atoms with Crippen LogP contribution in [0.1, 0.15) is 5.69 Å². The van der Waals surface area contributed by atoms with Crippen molar-refractivity contribution in [2.75, 3.05) is 7.11 Å². The lowest BCUT2D eigenvalue weighted by molar-refractivity contribution is -0.117. The van der Waals surface area contributed by atoms with Gasteiger partial charge in [-0.3, -0.25) is 9.59 Å². The van der Waals surface area contributed by atoms with E-state index in [9.17, 15) is 9.59 Å². The van der Waals surface area contributed by atoms with Gasteiger partial charge in [-0.25, -0.2) is 4.98 Å². The molecule has 4 aromatic rings. The first-order chi connectivity index (χ1) is 12.6. The van der Waals surface area contributed by atoms with Crippen LogP contribution < -0.4 is 16.0 Å². The molecule has 1 amide bonds. The number of H-pyrrole nitrogens is 1. The Labute approximate surface area is 160 Å². The Bertz CT molecular complexity index is 1210. The highest BCUT2D eigenvalue weighted by atomic mass is 35.5. The first-order valence-corrected chi connectivity index (χ1v) is 8.03. The number of pyridine rings is 2. The molecule has 0 unspecified atom stereocenters. The number of hydrogen-bond acceptors (Lipinski definition) is 4. The molecule has 0 fully saturated rings. The fraction of sp³-hybridized carbons (Fsp3) is 0.105. The molecule has 3 N–H and O–H groups in total. The number of primary amides is 1. The average molecular weight is 385 g/mol. The van der Waals surface area contributed by atoms with E-state index in [1.54, 1.807) is 19.2 Å². The summed E-state index contributed by atoms with van der Waals surface area (Å²) < 4.78 is 7.21. The van der Waals surface area contributed by atoms with Crippen LogP contribution in [0, 0.1) is 0 Å². The molecule has 0 aliphatic heterocycles. The monoisotopic (exact) mass is 384 g/mol. The van der Waals surface area contributed by atoms with Crippen molar-refractivity contribution in [3.05, 3.63) is 64.7 Å². The maximum Gasteiger partial charge on any atom is 0.248 e. The second-order valence-corrected chi connectivity index (χ2v) is 5.91. The Balaban J connectivity index is 0.00000210. The van der Waals surface area contributed by atoms with E-state index in [-0.39, 0.29) is 24.4 Å². The number of hydrogen-bond donors (Lipinski definition) is 2. The van der Waals surface area contributed by atoms with Gasteiger partial charge < -0.3 is 19.9 Å². The molecule has 27 heavy (non-hydrogen) atoms. The fourth-order valence-electron chi connectivity index (χ4n) is 3.20. The summed E-state index contributed by atoms with van der Waals surface area (Å²) in [6, 6.07) is 12.4. The van der Waals surface area contributed by atoms with Crippen LogP contribution in [0.25, 0.3) is 27.8 Å². The molecule has 0 atom stereocenters. The number of ether oxygens (including phenoxy) is 1. The van der Waals surface area contributed by atoms with Crippen LogP contribution in [0.15, 0.2) is 53.5 Å². The Morgan fingerprint density at radius 2 is 2.04 bits per heavy atom. The topological polar surface area (TPSA) is 102 Å². The molecule has 3 heterocycles. The SMILES string of the molecule is COc1ccc(-c2nc3ccccn3c2CC(N)=O)c2ccc(=O)[nH]c12.Cl. The van der Waals surface area contributed by atoms with Crippen LogP contribution in [-0.4, -0.2) is 27.4 Å². The van der Waals surface area contributed by atoms with Crippen molar-refractivity contribution in [1.29, 1.82) is 0 Å². The summed E-state index contributed by atoms with van der Waals surface area (Å²) in [4.78, 5) is 30.9. The molecule has 0 bridgehead atoms. The first-order valence-electron chi connectivity index (χ1n) is 8.03. The number of fused-ring (bicyclic) bond motifs is 2. The molecule has 0 aliphatic carbocycles. The maximum absolute atomic E-state index is 11.8. The van der Waals surface area contributed by atoms with E-state index in [4.69, 9.17) is 10.5 Å². The maximum atomic E-state index is 11.8. The number of carbonyl (C=O) groups is 1. The quantitative estimate of drug-likeness (QED) is 0.563. The van der Waals surface area contributed by atoms with E-state index in [0.717, 1.165) is 10.9 Å². The number of aromatic amines is 1. The van der Waals surface area contributed by atoms with Crippen molar-refractivity contribution in [3.63, 3.8) is 0 Å². The summed E-state index contributed by atoms with van der Waals surface area (Å²) in [6.07, 6.45) is 1.90. The molecular formula is C19H17ClN4O3. The van der Waals surface area contributed by atoms with Crippen molar-refractivity contribution < 1.29 is 9.53 Å². The van der Waals surface area contributed by atoms with Crippen molar-refractivity contribution >= 4 is 34.9 Å². The molecule has 8 heteroatoms. The van der Waals surface area contributed by atoms with E-state index in [2.05, 4.69) is 9.97 Å². The number of aromatic nitrogens is 3. The van der Waals surface area contributed by atoms with Crippen LogP contribution >= 0.6 is 12.4 Å². The third kappa shape index (κ3) is 3.13. The smallest absolute Gasteiger partial charge is 0.248 e. The molecule has 0 saturated heterocycles. The van der Waals surface area contributed by atoms with Gasteiger partial charge in [0.1, 0.15) is 11.4 Å². The summed E-state index contributed by atoms with van der Waals surface area (Å²) in [7, 11) is 1.54.